The third-order valence-corrected chi connectivity index (χ3v) is 1.82. The molecule has 0 saturated heterocycles. The Labute approximate surface area is 97.2 Å². The number of aliphatic hydroxyl groups excluding tert-OH is 1. The Morgan fingerprint density at radius 2 is 2.29 bits per heavy atom. The first-order valence-corrected chi connectivity index (χ1v) is 4.84. The van der Waals surface area contributed by atoms with Gasteiger partial charge in [0.15, 0.2) is 5.75 Å². The molecule has 1 rings (SSSR count). The zero-order valence-corrected chi connectivity index (χ0v) is 9.17. The molecule has 0 radical (unpaired) electrons. The van der Waals surface area contributed by atoms with E-state index in [4.69, 9.17) is 9.84 Å². The van der Waals surface area contributed by atoms with Crippen LogP contribution in [0.5, 0.6) is 5.75 Å². The monoisotopic (exact) mass is 240 g/mol. The number of carbonyl (C=O) groups is 1. The number of nitrogens with one attached hydrogen (secondary N) is 1. The summed E-state index contributed by atoms with van der Waals surface area (Å²) >= 11 is 0. The molecule has 0 atom stereocenters. The fourth-order valence-corrected chi connectivity index (χ4v) is 1.22. The topological polar surface area (TPSA) is 102 Å². The van der Waals surface area contributed by atoms with Crippen molar-refractivity contribution in [3.8, 4) is 5.75 Å². The van der Waals surface area contributed by atoms with E-state index >= 15 is 0 Å². The van der Waals surface area contributed by atoms with Crippen molar-refractivity contribution in [3.05, 3.63) is 28.3 Å². The summed E-state index contributed by atoms with van der Waals surface area (Å²) in [5.74, 6) is -0.263. The molecule has 0 saturated carbocycles. The van der Waals surface area contributed by atoms with Crippen LogP contribution in [0.1, 0.15) is 6.92 Å². The molecule has 0 unspecified atom stereocenters. The Kier molecular flexibility index (Phi) is 4.41. The van der Waals surface area contributed by atoms with Crippen molar-refractivity contribution >= 4 is 17.3 Å². The minimum atomic E-state index is -0.613. The molecular weight excluding hydrogens is 228 g/mol. The van der Waals surface area contributed by atoms with Gasteiger partial charge in [-0.25, -0.2) is 0 Å². The van der Waals surface area contributed by atoms with Crippen LogP contribution in [0.2, 0.25) is 0 Å². The van der Waals surface area contributed by atoms with Crippen molar-refractivity contribution in [2.24, 2.45) is 0 Å². The first kappa shape index (κ1) is 12.9. The van der Waals surface area contributed by atoms with Gasteiger partial charge in [-0.05, 0) is 12.1 Å². The molecule has 17 heavy (non-hydrogen) atoms. The SMILES string of the molecule is CC(=O)Nc1ccc(OCCO)c([N+](=O)[O-])c1. The molecule has 1 aromatic carbocycles. The fourth-order valence-electron chi connectivity index (χ4n) is 1.22. The first-order chi connectivity index (χ1) is 8.04. The van der Waals surface area contributed by atoms with E-state index in [9.17, 15) is 14.9 Å². The highest BCUT2D eigenvalue weighted by Gasteiger charge is 2.16. The number of nitrogens with zero attached hydrogens (tertiary/aromatic N) is 1. The first-order valence-electron chi connectivity index (χ1n) is 4.84. The summed E-state index contributed by atoms with van der Waals surface area (Å²) in [6.45, 7) is 1.05. The van der Waals surface area contributed by atoms with Gasteiger partial charge in [-0.3, -0.25) is 14.9 Å². The number of ether oxygens (including phenoxy) is 1. The standard InChI is InChI=1S/C10H12N2O5/c1-7(14)11-8-2-3-10(17-5-4-13)9(6-8)12(15)16/h2-3,6,13H,4-5H2,1H3,(H,11,14). The lowest BCUT2D eigenvalue weighted by Crippen LogP contribution is -2.07. The van der Waals surface area contributed by atoms with E-state index in [0.717, 1.165) is 0 Å². The maximum Gasteiger partial charge on any atom is 0.312 e. The number of anilines is 1. The van der Waals surface area contributed by atoms with Gasteiger partial charge in [0.2, 0.25) is 5.91 Å². The maximum atomic E-state index is 10.8. The van der Waals surface area contributed by atoms with Crippen LogP contribution in [0.15, 0.2) is 18.2 Å². The summed E-state index contributed by atoms with van der Waals surface area (Å²) in [6, 6.07) is 4.06. The lowest BCUT2D eigenvalue weighted by molar-refractivity contribution is -0.385. The lowest BCUT2D eigenvalue weighted by Gasteiger charge is -2.07. The van der Waals surface area contributed by atoms with E-state index in [2.05, 4.69) is 5.32 Å². The highest BCUT2D eigenvalue weighted by atomic mass is 16.6. The van der Waals surface area contributed by atoms with Crippen LogP contribution >= 0.6 is 0 Å². The third kappa shape index (κ3) is 3.72. The van der Waals surface area contributed by atoms with Crippen LogP contribution in [-0.4, -0.2) is 29.2 Å². The Hall–Kier alpha value is -2.15. The Bertz CT molecular complexity index is 433. The van der Waals surface area contributed by atoms with Crippen molar-refractivity contribution in [1.29, 1.82) is 0 Å². The number of nitro benzene ring substituents is 1. The normalized spacial score (nSPS) is 9.76. The molecule has 7 heteroatoms. The molecule has 0 bridgehead atoms. The molecule has 92 valence electrons. The van der Waals surface area contributed by atoms with Gasteiger partial charge in [0, 0.05) is 18.7 Å². The van der Waals surface area contributed by atoms with Crippen LogP contribution in [0, 0.1) is 10.1 Å². The molecule has 1 aromatic rings. The average molecular weight is 240 g/mol. The Morgan fingerprint density at radius 1 is 1.59 bits per heavy atom. The smallest absolute Gasteiger partial charge is 0.312 e. The quantitative estimate of drug-likeness (QED) is 0.588. The fraction of sp³-hybridized carbons (Fsp3) is 0.300. The number of carbonyl (C=O) groups excluding carboxylic acids is 1. The van der Waals surface area contributed by atoms with Crippen LogP contribution in [0.4, 0.5) is 11.4 Å². The van der Waals surface area contributed by atoms with E-state index in [1.165, 1.54) is 25.1 Å². The largest absolute Gasteiger partial charge is 0.484 e. The van der Waals surface area contributed by atoms with Crippen LogP contribution in [-0.2, 0) is 4.79 Å². The highest BCUT2D eigenvalue weighted by molar-refractivity contribution is 5.89. The van der Waals surface area contributed by atoms with Crippen LogP contribution in [0.25, 0.3) is 0 Å². The zero-order valence-electron chi connectivity index (χ0n) is 9.17. The summed E-state index contributed by atoms with van der Waals surface area (Å²) in [5, 5.41) is 21.8. The van der Waals surface area contributed by atoms with Gasteiger partial charge in [-0.2, -0.15) is 0 Å². The molecule has 0 aromatic heterocycles. The zero-order chi connectivity index (χ0) is 12.8. The van der Waals surface area contributed by atoms with Gasteiger partial charge in [-0.15, -0.1) is 0 Å². The van der Waals surface area contributed by atoms with Gasteiger partial charge in [0.25, 0.3) is 0 Å². The molecule has 0 fully saturated rings. The van der Waals surface area contributed by atoms with Crippen LogP contribution in [0.3, 0.4) is 0 Å². The minimum absolute atomic E-state index is 0.0275. The second kappa shape index (κ2) is 5.80. The number of aliphatic hydroxyl groups is 1. The lowest BCUT2D eigenvalue weighted by atomic mass is 10.2. The molecule has 0 aliphatic rings. The summed E-state index contributed by atoms with van der Waals surface area (Å²) < 4.78 is 5.00. The Morgan fingerprint density at radius 3 is 2.82 bits per heavy atom. The summed E-state index contributed by atoms with van der Waals surface area (Å²) in [6.07, 6.45) is 0. The van der Waals surface area contributed by atoms with Crippen molar-refractivity contribution in [2.75, 3.05) is 18.5 Å². The van der Waals surface area contributed by atoms with Crippen molar-refractivity contribution in [2.45, 2.75) is 6.92 Å². The average Bonchev–Trinajstić information content (AvgIpc) is 2.26. The van der Waals surface area contributed by atoms with Gasteiger partial charge < -0.3 is 15.2 Å². The number of rotatable bonds is 5. The van der Waals surface area contributed by atoms with Gasteiger partial charge >= 0.3 is 5.69 Å². The van der Waals surface area contributed by atoms with Crippen molar-refractivity contribution in [1.82, 2.24) is 0 Å². The molecule has 0 aliphatic carbocycles. The van der Waals surface area contributed by atoms with E-state index in [1.54, 1.807) is 0 Å². The summed E-state index contributed by atoms with van der Waals surface area (Å²) in [7, 11) is 0. The number of benzene rings is 1. The van der Waals surface area contributed by atoms with E-state index < -0.39 is 4.92 Å². The van der Waals surface area contributed by atoms with Gasteiger partial charge in [-0.1, -0.05) is 0 Å². The maximum absolute atomic E-state index is 10.8. The molecule has 7 nitrogen and oxygen atoms in total. The minimum Gasteiger partial charge on any atom is -0.484 e. The van der Waals surface area contributed by atoms with E-state index in [0.29, 0.717) is 5.69 Å². The second-order valence-corrected chi connectivity index (χ2v) is 3.19. The highest BCUT2D eigenvalue weighted by Crippen LogP contribution is 2.29. The second-order valence-electron chi connectivity index (χ2n) is 3.19. The van der Waals surface area contributed by atoms with Gasteiger partial charge in [0.1, 0.15) is 6.61 Å². The number of hydrogen-bond acceptors (Lipinski definition) is 5. The molecule has 0 aliphatic heterocycles. The molecule has 0 heterocycles. The predicted molar refractivity (Wildman–Crippen MR) is 60.0 cm³/mol. The van der Waals surface area contributed by atoms with Crippen molar-refractivity contribution in [3.63, 3.8) is 0 Å². The van der Waals surface area contributed by atoms with Gasteiger partial charge in [0.05, 0.1) is 11.5 Å². The summed E-state index contributed by atoms with van der Waals surface area (Å²) in [5.41, 5.74) is 0.0604. The van der Waals surface area contributed by atoms with E-state index in [-0.39, 0.29) is 30.6 Å². The predicted octanol–water partition coefficient (Wildman–Crippen LogP) is 0.924. The number of nitro groups is 1. The summed E-state index contributed by atoms with van der Waals surface area (Å²) in [4.78, 5) is 21.0. The van der Waals surface area contributed by atoms with Crippen LogP contribution < -0.4 is 10.1 Å². The number of amides is 1. The number of hydrogen-bond donors (Lipinski definition) is 2. The molecule has 2 N–H and O–H groups in total. The third-order valence-electron chi connectivity index (χ3n) is 1.82. The molecule has 0 spiro atoms. The van der Waals surface area contributed by atoms with Crippen molar-refractivity contribution < 1.29 is 19.6 Å². The molecular formula is C10H12N2O5. The molecule has 1 amide bonds. The Balaban J connectivity index is 2.99. The van der Waals surface area contributed by atoms with E-state index in [1.807, 2.05) is 0 Å².